The second-order valence-electron chi connectivity index (χ2n) is 6.40. The predicted molar refractivity (Wildman–Crippen MR) is 124 cm³/mol. The third kappa shape index (κ3) is 9.80. The Balaban J connectivity index is 0.00000512. The summed E-state index contributed by atoms with van der Waals surface area (Å²) in [4.78, 5) is 52.2. The fourth-order valence-corrected chi connectivity index (χ4v) is 3.78. The molecule has 14 heteroatoms. The molecule has 0 aliphatic rings. The SMILES string of the molecule is C/C(=C(\CCOP(=O)(O)O)SC(=O)c1ccccc1)N(C=O)Cc1cnc(C)nc1N.O.O. The largest absolute Gasteiger partial charge is 0.469 e. The zero-order chi connectivity index (χ0) is 23.0. The van der Waals surface area contributed by atoms with Crippen LogP contribution in [0, 0.1) is 6.92 Å². The second-order valence-corrected chi connectivity index (χ2v) is 8.71. The highest BCUT2D eigenvalue weighted by atomic mass is 32.2. The van der Waals surface area contributed by atoms with Gasteiger partial charge in [0.1, 0.15) is 11.6 Å². The molecule has 0 fully saturated rings. The molecule has 0 atom stereocenters. The van der Waals surface area contributed by atoms with E-state index >= 15 is 0 Å². The van der Waals surface area contributed by atoms with E-state index in [4.69, 9.17) is 15.5 Å². The molecule has 0 saturated heterocycles. The van der Waals surface area contributed by atoms with Gasteiger partial charge in [0.15, 0.2) is 0 Å². The number of carbonyl (C=O) groups is 2. The normalized spacial score (nSPS) is 11.5. The van der Waals surface area contributed by atoms with Crippen LogP contribution in [0.1, 0.15) is 35.1 Å². The molecular formula is C19H27N4O8PS. The molecule has 2 rings (SSSR count). The summed E-state index contributed by atoms with van der Waals surface area (Å²) < 4.78 is 15.5. The standard InChI is InChI=1S/C19H23N4O6PS.2H2O/c1-13(23(12-24)11-16-10-21-14(2)22-18(16)20)17(8-9-29-30(26,27)28)31-19(25)15-6-4-3-5-7-15;;/h3-7,10,12H,8-9,11H2,1-2H3,(H2,20,21,22)(H2,26,27,28);2*1H2/b17-13-;;. The number of anilines is 1. The molecule has 1 aromatic heterocycles. The van der Waals surface area contributed by atoms with Crippen LogP contribution in [0.5, 0.6) is 0 Å². The number of benzene rings is 1. The molecule has 1 heterocycles. The van der Waals surface area contributed by atoms with Crippen molar-refractivity contribution >= 4 is 36.9 Å². The van der Waals surface area contributed by atoms with Crippen LogP contribution in [0.3, 0.4) is 0 Å². The topological polar surface area (TPSA) is 219 Å². The smallest absolute Gasteiger partial charge is 0.412 e. The van der Waals surface area contributed by atoms with Gasteiger partial charge in [0.2, 0.25) is 11.5 Å². The summed E-state index contributed by atoms with van der Waals surface area (Å²) in [5, 5.41) is -0.282. The second kappa shape index (κ2) is 13.8. The van der Waals surface area contributed by atoms with E-state index in [1.54, 1.807) is 44.2 Å². The molecule has 12 nitrogen and oxygen atoms in total. The highest BCUT2D eigenvalue weighted by molar-refractivity contribution is 8.17. The molecule has 0 bridgehead atoms. The molecule has 1 amide bonds. The minimum Gasteiger partial charge on any atom is -0.412 e. The maximum atomic E-state index is 12.7. The highest BCUT2D eigenvalue weighted by Crippen LogP contribution is 2.37. The van der Waals surface area contributed by atoms with Crippen molar-refractivity contribution in [3.05, 3.63) is 64.1 Å². The molecule has 2 aromatic rings. The van der Waals surface area contributed by atoms with Gasteiger partial charge in [-0.2, -0.15) is 0 Å². The fraction of sp³-hybridized carbons (Fsp3) is 0.263. The lowest BCUT2D eigenvalue weighted by molar-refractivity contribution is -0.116. The Labute approximate surface area is 194 Å². The monoisotopic (exact) mass is 502 g/mol. The van der Waals surface area contributed by atoms with Crippen LogP contribution >= 0.6 is 19.6 Å². The van der Waals surface area contributed by atoms with Crippen LogP contribution in [0.2, 0.25) is 0 Å². The van der Waals surface area contributed by atoms with Crippen molar-refractivity contribution in [1.82, 2.24) is 14.9 Å². The van der Waals surface area contributed by atoms with Gasteiger partial charge in [0.25, 0.3) is 0 Å². The Morgan fingerprint density at radius 3 is 2.45 bits per heavy atom. The Hall–Kier alpha value is -2.64. The zero-order valence-corrected chi connectivity index (χ0v) is 19.7. The van der Waals surface area contributed by atoms with E-state index in [2.05, 4.69) is 14.5 Å². The van der Waals surface area contributed by atoms with Crippen molar-refractivity contribution in [3.8, 4) is 0 Å². The summed E-state index contributed by atoms with van der Waals surface area (Å²) in [5.74, 6) is 0.719. The van der Waals surface area contributed by atoms with Gasteiger partial charge >= 0.3 is 7.82 Å². The van der Waals surface area contributed by atoms with Crippen molar-refractivity contribution in [2.75, 3.05) is 12.3 Å². The molecule has 0 aliphatic carbocycles. The quantitative estimate of drug-likeness (QED) is 0.309. The lowest BCUT2D eigenvalue weighted by Crippen LogP contribution is -2.22. The Morgan fingerprint density at radius 2 is 1.91 bits per heavy atom. The van der Waals surface area contributed by atoms with Crippen LogP contribution < -0.4 is 5.73 Å². The lowest BCUT2D eigenvalue weighted by Gasteiger charge is -2.22. The molecular weight excluding hydrogens is 475 g/mol. The van der Waals surface area contributed by atoms with Gasteiger partial charge in [-0.05, 0) is 25.6 Å². The molecule has 0 radical (unpaired) electrons. The van der Waals surface area contributed by atoms with E-state index < -0.39 is 7.82 Å². The summed E-state index contributed by atoms with van der Waals surface area (Å²) in [7, 11) is -4.67. The molecule has 182 valence electrons. The van der Waals surface area contributed by atoms with Crippen molar-refractivity contribution in [2.24, 2.45) is 0 Å². The molecule has 33 heavy (non-hydrogen) atoms. The lowest BCUT2D eigenvalue weighted by atomic mass is 10.2. The summed E-state index contributed by atoms with van der Waals surface area (Å²) in [5.41, 5.74) is 7.29. The van der Waals surface area contributed by atoms with Crippen molar-refractivity contribution in [2.45, 2.75) is 26.8 Å². The molecule has 1 aromatic carbocycles. The van der Waals surface area contributed by atoms with Crippen LogP contribution in [0.15, 0.2) is 47.1 Å². The van der Waals surface area contributed by atoms with E-state index in [0.717, 1.165) is 11.8 Å². The number of phosphoric acid groups is 1. The van der Waals surface area contributed by atoms with Gasteiger partial charge in [0.05, 0.1) is 13.2 Å². The van der Waals surface area contributed by atoms with E-state index in [-0.39, 0.29) is 41.5 Å². The minimum absolute atomic E-state index is 0. The maximum absolute atomic E-state index is 12.7. The van der Waals surface area contributed by atoms with Gasteiger partial charge in [-0.25, -0.2) is 14.5 Å². The Morgan fingerprint density at radius 1 is 1.27 bits per heavy atom. The summed E-state index contributed by atoms with van der Waals surface area (Å²) in [6.45, 7) is 3.03. The molecule has 0 spiro atoms. The summed E-state index contributed by atoms with van der Waals surface area (Å²) in [6.07, 6.45) is 2.09. The molecule has 0 aliphatic heterocycles. The third-order valence-electron chi connectivity index (χ3n) is 4.13. The van der Waals surface area contributed by atoms with Crippen molar-refractivity contribution < 1.29 is 39.4 Å². The number of nitrogens with two attached hydrogens (primary N) is 1. The van der Waals surface area contributed by atoms with E-state index in [9.17, 15) is 14.2 Å². The van der Waals surface area contributed by atoms with Gasteiger partial charge in [-0.15, -0.1) is 0 Å². The number of hydrogen-bond acceptors (Lipinski definition) is 8. The first-order valence-electron chi connectivity index (χ1n) is 9.07. The number of rotatable bonds is 10. The van der Waals surface area contributed by atoms with Crippen molar-refractivity contribution in [3.63, 3.8) is 0 Å². The Bertz CT molecular complexity index is 1020. The average molecular weight is 502 g/mol. The van der Waals surface area contributed by atoms with E-state index in [1.165, 1.54) is 11.1 Å². The number of nitrogens with zero attached hydrogens (tertiary/aromatic N) is 3. The molecule has 0 unspecified atom stereocenters. The molecule has 0 saturated carbocycles. The number of phosphoric ester groups is 1. The number of hydrogen-bond donors (Lipinski definition) is 3. The zero-order valence-electron chi connectivity index (χ0n) is 18.0. The first-order chi connectivity index (χ1) is 14.6. The van der Waals surface area contributed by atoms with Gasteiger partial charge < -0.3 is 31.4 Å². The molecule has 8 N–H and O–H groups in total. The van der Waals surface area contributed by atoms with Gasteiger partial charge in [-0.1, -0.05) is 30.3 Å². The van der Waals surface area contributed by atoms with Crippen LogP contribution in [0.4, 0.5) is 5.82 Å². The number of amides is 1. The van der Waals surface area contributed by atoms with Gasteiger partial charge in [-0.3, -0.25) is 14.1 Å². The fourth-order valence-electron chi connectivity index (χ4n) is 2.52. The van der Waals surface area contributed by atoms with Gasteiger partial charge in [0, 0.05) is 34.3 Å². The number of aromatic nitrogens is 2. The summed E-state index contributed by atoms with van der Waals surface area (Å²) >= 11 is 0.862. The first kappa shape index (κ1) is 30.4. The van der Waals surface area contributed by atoms with Crippen molar-refractivity contribution in [1.29, 1.82) is 0 Å². The number of aryl methyl sites for hydroxylation is 1. The van der Waals surface area contributed by atoms with Crippen LogP contribution in [-0.4, -0.2) is 53.7 Å². The minimum atomic E-state index is -4.67. The maximum Gasteiger partial charge on any atom is 0.469 e. The number of nitrogen functional groups attached to an aromatic ring is 1. The predicted octanol–water partition coefficient (Wildman–Crippen LogP) is 0.981. The average Bonchev–Trinajstić information content (AvgIpc) is 2.71. The first-order valence-corrected chi connectivity index (χ1v) is 11.4. The van der Waals surface area contributed by atoms with Crippen LogP contribution in [0.25, 0.3) is 0 Å². The number of carbonyl (C=O) groups excluding carboxylic acids is 2. The van der Waals surface area contributed by atoms with Crippen LogP contribution in [-0.2, 0) is 20.4 Å². The summed E-state index contributed by atoms with van der Waals surface area (Å²) in [6, 6.07) is 8.52. The number of allylic oxidation sites excluding steroid dienone is 1. The van der Waals surface area contributed by atoms with E-state index in [0.29, 0.717) is 34.0 Å². The third-order valence-corrected chi connectivity index (χ3v) is 5.82. The van der Waals surface area contributed by atoms with E-state index in [1.807, 2.05) is 0 Å². The number of thioether (sulfide) groups is 1. The highest BCUT2D eigenvalue weighted by Gasteiger charge is 2.20. The Kier molecular flexibility index (Phi) is 12.7.